The van der Waals surface area contributed by atoms with Gasteiger partial charge in [0.15, 0.2) is 0 Å². The molecule has 0 fully saturated rings. The van der Waals surface area contributed by atoms with Crippen LogP contribution in [0.1, 0.15) is 13.3 Å². The minimum absolute atomic E-state index is 0.173. The normalized spacial score (nSPS) is 7.67. The van der Waals surface area contributed by atoms with Gasteiger partial charge >= 0.3 is 0 Å². The Morgan fingerprint density at radius 2 is 2.44 bits per heavy atom. The fourth-order valence-electron chi connectivity index (χ4n) is 0.259. The summed E-state index contributed by atoms with van der Waals surface area (Å²) < 4.78 is 4.87. The van der Waals surface area contributed by atoms with Crippen LogP contribution in [-0.4, -0.2) is 16.9 Å². The summed E-state index contributed by atoms with van der Waals surface area (Å²) in [7, 11) is 0. The minimum atomic E-state index is 0.173. The van der Waals surface area contributed by atoms with Crippen molar-refractivity contribution in [3.63, 3.8) is 0 Å². The van der Waals surface area contributed by atoms with E-state index in [1.54, 1.807) is 0 Å². The first-order chi connectivity index (χ1) is 4.31. The van der Waals surface area contributed by atoms with Crippen LogP contribution < -0.4 is 0 Å². The van der Waals surface area contributed by atoms with Crippen LogP contribution in [0.25, 0.3) is 0 Å². The van der Waals surface area contributed by atoms with Gasteiger partial charge < -0.3 is 4.74 Å². The average Bonchev–Trinajstić information content (AvgIpc) is 1.85. The number of isothiocyanates is 1. The van der Waals surface area contributed by atoms with E-state index in [1.807, 2.05) is 6.92 Å². The zero-order chi connectivity index (χ0) is 7.11. The van der Waals surface area contributed by atoms with E-state index in [1.165, 1.54) is 0 Å². The van der Waals surface area contributed by atoms with Crippen molar-refractivity contribution in [1.82, 2.24) is 0 Å². The van der Waals surface area contributed by atoms with Crippen LogP contribution in [0.2, 0.25) is 0 Å². The number of hydrogen-bond acceptors (Lipinski definition) is 3. The molecule has 0 radical (unpaired) electrons. The summed E-state index contributed by atoms with van der Waals surface area (Å²) in [5.41, 5.74) is 0. The van der Waals surface area contributed by atoms with Gasteiger partial charge in [0.1, 0.15) is 0 Å². The predicted octanol–water partition coefficient (Wildman–Crippen LogP) is 1.80. The lowest BCUT2D eigenvalue weighted by Gasteiger charge is -1.96. The summed E-state index contributed by atoms with van der Waals surface area (Å²) >= 11 is 8.90. The number of aliphatic imine (C=N–C) groups is 1. The van der Waals surface area contributed by atoms with Gasteiger partial charge in [0, 0.05) is 0 Å². The molecule has 2 nitrogen and oxygen atoms in total. The summed E-state index contributed by atoms with van der Waals surface area (Å²) in [5.74, 6) is 0. The first-order valence-electron chi connectivity index (χ1n) is 2.56. The van der Waals surface area contributed by atoms with E-state index in [9.17, 15) is 0 Å². The smallest absolute Gasteiger partial charge is 0.292 e. The lowest BCUT2D eigenvalue weighted by molar-refractivity contribution is 0.309. The van der Waals surface area contributed by atoms with E-state index in [0.717, 1.165) is 6.42 Å². The molecule has 0 N–H and O–H groups in total. The second-order valence-electron chi connectivity index (χ2n) is 1.32. The van der Waals surface area contributed by atoms with Crippen LogP contribution in [-0.2, 0) is 4.74 Å². The van der Waals surface area contributed by atoms with Gasteiger partial charge in [-0.2, -0.15) is 0 Å². The second kappa shape index (κ2) is 5.82. The molecule has 0 bridgehead atoms. The highest BCUT2D eigenvalue weighted by atomic mass is 32.1. The van der Waals surface area contributed by atoms with Crippen molar-refractivity contribution in [2.75, 3.05) is 6.61 Å². The number of thiocarbonyl (C=S) groups is 2. The molecule has 0 spiro atoms. The summed E-state index contributed by atoms with van der Waals surface area (Å²) in [5, 5.41) is 2.29. The third-order valence-corrected chi connectivity index (χ3v) is 0.867. The molecular formula is C5H7NOS2. The highest BCUT2D eigenvalue weighted by molar-refractivity contribution is 7.80. The quantitative estimate of drug-likeness (QED) is 0.455. The van der Waals surface area contributed by atoms with Gasteiger partial charge in [-0.1, -0.05) is 6.92 Å². The Hall–Kier alpha value is -0.310. The van der Waals surface area contributed by atoms with Crippen molar-refractivity contribution < 1.29 is 4.74 Å². The first kappa shape index (κ1) is 8.69. The van der Waals surface area contributed by atoms with E-state index >= 15 is 0 Å². The van der Waals surface area contributed by atoms with Crippen LogP contribution in [0, 0.1) is 0 Å². The molecule has 0 aromatic carbocycles. The van der Waals surface area contributed by atoms with Gasteiger partial charge in [-0.15, -0.1) is 4.99 Å². The van der Waals surface area contributed by atoms with Crippen LogP contribution in [0.3, 0.4) is 0 Å². The van der Waals surface area contributed by atoms with Crippen LogP contribution in [0.15, 0.2) is 4.99 Å². The molecule has 0 aliphatic carbocycles. The largest absolute Gasteiger partial charge is 0.469 e. The van der Waals surface area contributed by atoms with Crippen LogP contribution >= 0.6 is 24.4 Å². The lowest BCUT2D eigenvalue weighted by atomic mass is 10.5. The second-order valence-corrected chi connectivity index (χ2v) is 1.85. The maximum atomic E-state index is 4.87. The SMILES string of the molecule is CCCOC(=S)N=C=S. The van der Waals surface area contributed by atoms with Gasteiger partial charge in [-0.05, 0) is 30.9 Å². The Morgan fingerprint density at radius 3 is 2.89 bits per heavy atom. The zero-order valence-electron chi connectivity index (χ0n) is 5.09. The Bertz CT molecular complexity index is 140. The molecule has 0 aliphatic rings. The standard InChI is InChI=1S/C5H7NOS2/c1-2-3-7-5(9)6-4-8/h2-3H2,1H3. The molecule has 0 aromatic heterocycles. The summed E-state index contributed by atoms with van der Waals surface area (Å²) in [6.45, 7) is 2.59. The lowest BCUT2D eigenvalue weighted by Crippen LogP contribution is -1.97. The number of hydrogen-bond donors (Lipinski definition) is 0. The number of nitrogens with zero attached hydrogens (tertiary/aromatic N) is 1. The van der Waals surface area contributed by atoms with E-state index in [2.05, 4.69) is 34.6 Å². The maximum absolute atomic E-state index is 4.87. The molecule has 0 unspecified atom stereocenters. The fourth-order valence-corrected chi connectivity index (χ4v) is 0.529. The Labute approximate surface area is 64.9 Å². The van der Waals surface area contributed by atoms with Crippen LogP contribution in [0.4, 0.5) is 0 Å². The van der Waals surface area contributed by atoms with E-state index in [-0.39, 0.29) is 5.17 Å². The summed E-state index contributed by atoms with van der Waals surface area (Å²) in [4.78, 5) is 3.44. The van der Waals surface area contributed by atoms with Crippen molar-refractivity contribution in [3.05, 3.63) is 0 Å². The van der Waals surface area contributed by atoms with E-state index < -0.39 is 0 Å². The average molecular weight is 161 g/mol. The molecule has 0 saturated heterocycles. The zero-order valence-corrected chi connectivity index (χ0v) is 6.72. The topological polar surface area (TPSA) is 21.6 Å². The molecule has 0 heterocycles. The molecule has 0 aliphatic heterocycles. The summed E-state index contributed by atoms with van der Waals surface area (Å²) in [6, 6.07) is 0. The van der Waals surface area contributed by atoms with Crippen molar-refractivity contribution >= 4 is 34.8 Å². The highest BCUT2D eigenvalue weighted by Gasteiger charge is 1.87. The van der Waals surface area contributed by atoms with Crippen LogP contribution in [0.5, 0.6) is 0 Å². The van der Waals surface area contributed by atoms with Crippen molar-refractivity contribution in [2.45, 2.75) is 13.3 Å². The molecule has 9 heavy (non-hydrogen) atoms. The number of rotatable bonds is 2. The van der Waals surface area contributed by atoms with Gasteiger partial charge in [0.05, 0.1) is 11.8 Å². The van der Waals surface area contributed by atoms with Gasteiger partial charge in [0.25, 0.3) is 5.17 Å². The first-order valence-corrected chi connectivity index (χ1v) is 3.37. The highest BCUT2D eigenvalue weighted by Crippen LogP contribution is 1.85. The molecule has 0 saturated carbocycles. The Kier molecular flexibility index (Phi) is 5.62. The molecule has 0 rings (SSSR count). The Morgan fingerprint density at radius 1 is 1.78 bits per heavy atom. The van der Waals surface area contributed by atoms with Gasteiger partial charge in [-0.25, -0.2) is 0 Å². The third kappa shape index (κ3) is 5.56. The monoisotopic (exact) mass is 161 g/mol. The number of ether oxygens (including phenoxy) is 1. The van der Waals surface area contributed by atoms with Gasteiger partial charge in [0.2, 0.25) is 0 Å². The molecule has 0 amide bonds. The molecule has 0 aromatic rings. The minimum Gasteiger partial charge on any atom is -0.469 e. The molecule has 4 heteroatoms. The Balaban J connectivity index is 3.39. The summed E-state index contributed by atoms with van der Waals surface area (Å²) in [6.07, 6.45) is 0.924. The predicted molar refractivity (Wildman–Crippen MR) is 43.9 cm³/mol. The van der Waals surface area contributed by atoms with E-state index in [4.69, 9.17) is 4.74 Å². The third-order valence-electron chi connectivity index (χ3n) is 0.567. The molecular weight excluding hydrogens is 154 g/mol. The molecule has 50 valence electrons. The van der Waals surface area contributed by atoms with Crippen molar-refractivity contribution in [1.29, 1.82) is 0 Å². The van der Waals surface area contributed by atoms with Gasteiger partial charge in [-0.3, -0.25) is 0 Å². The van der Waals surface area contributed by atoms with E-state index in [0.29, 0.717) is 6.61 Å². The van der Waals surface area contributed by atoms with Crippen molar-refractivity contribution in [3.8, 4) is 0 Å². The maximum Gasteiger partial charge on any atom is 0.292 e. The van der Waals surface area contributed by atoms with Crippen molar-refractivity contribution in [2.24, 2.45) is 4.99 Å². The molecule has 0 atom stereocenters. The fraction of sp³-hybridized carbons (Fsp3) is 0.600.